The molecule has 4 nitrogen and oxygen atoms in total. The molecule has 2 unspecified atom stereocenters. The van der Waals surface area contributed by atoms with Gasteiger partial charge >= 0.3 is 0 Å². The topological polar surface area (TPSA) is 53.2 Å². The van der Waals surface area contributed by atoms with Crippen molar-refractivity contribution >= 4 is 5.91 Å². The van der Waals surface area contributed by atoms with E-state index in [9.17, 15) is 9.18 Å². The van der Waals surface area contributed by atoms with Crippen LogP contribution in [0.3, 0.4) is 0 Å². The van der Waals surface area contributed by atoms with Crippen LogP contribution in [0.2, 0.25) is 0 Å². The third-order valence-corrected chi connectivity index (χ3v) is 2.82. The van der Waals surface area contributed by atoms with E-state index in [1.165, 1.54) is 6.07 Å². The lowest BCUT2D eigenvalue weighted by Crippen LogP contribution is -2.43. The molecule has 0 bridgehead atoms. The Kier molecular flexibility index (Phi) is 3.71. The molecule has 0 spiro atoms. The maximum atomic E-state index is 13.3. The summed E-state index contributed by atoms with van der Waals surface area (Å²) in [6, 6.07) is 6.47. The Hall–Kier alpha value is -1.46. The first kappa shape index (κ1) is 12.0. The standard InChI is InChI=1S/C12H16FN3O/c1-8-6-11(16-15-8)12(17)14-7-9-4-2-3-5-10(9)13/h2-5,8,11,15-16H,6-7H2,1H3,(H,14,17). The van der Waals surface area contributed by atoms with E-state index < -0.39 is 0 Å². The molecule has 1 heterocycles. The Balaban J connectivity index is 1.86. The van der Waals surface area contributed by atoms with Crippen LogP contribution in [0.4, 0.5) is 4.39 Å². The molecular formula is C12H16FN3O. The van der Waals surface area contributed by atoms with E-state index in [1.807, 2.05) is 6.92 Å². The molecule has 3 N–H and O–H groups in total. The molecule has 2 rings (SSSR count). The predicted molar refractivity (Wildman–Crippen MR) is 62.4 cm³/mol. The summed E-state index contributed by atoms with van der Waals surface area (Å²) in [5.41, 5.74) is 6.38. The van der Waals surface area contributed by atoms with Crippen LogP contribution in [-0.4, -0.2) is 18.0 Å². The summed E-state index contributed by atoms with van der Waals surface area (Å²) in [5, 5.41) is 2.72. The highest BCUT2D eigenvalue weighted by Gasteiger charge is 2.26. The second kappa shape index (κ2) is 5.25. The van der Waals surface area contributed by atoms with Crippen LogP contribution in [0.5, 0.6) is 0 Å². The zero-order valence-electron chi connectivity index (χ0n) is 9.66. The fourth-order valence-electron chi connectivity index (χ4n) is 1.83. The molecule has 1 saturated heterocycles. The number of amides is 1. The molecule has 1 amide bonds. The number of rotatable bonds is 3. The van der Waals surface area contributed by atoms with Crippen molar-refractivity contribution < 1.29 is 9.18 Å². The Morgan fingerprint density at radius 2 is 2.24 bits per heavy atom. The van der Waals surface area contributed by atoms with Crippen LogP contribution in [0.1, 0.15) is 18.9 Å². The second-order valence-corrected chi connectivity index (χ2v) is 4.29. The highest BCUT2D eigenvalue weighted by Crippen LogP contribution is 2.07. The molecule has 92 valence electrons. The Labute approximate surface area is 99.6 Å². The zero-order chi connectivity index (χ0) is 12.3. The van der Waals surface area contributed by atoms with E-state index in [1.54, 1.807) is 18.2 Å². The lowest BCUT2D eigenvalue weighted by atomic mass is 10.1. The normalized spacial score (nSPS) is 23.6. The number of carbonyl (C=O) groups is 1. The maximum Gasteiger partial charge on any atom is 0.238 e. The molecule has 1 aliphatic rings. The van der Waals surface area contributed by atoms with Crippen molar-refractivity contribution in [2.75, 3.05) is 0 Å². The minimum atomic E-state index is -0.293. The fourth-order valence-corrected chi connectivity index (χ4v) is 1.83. The zero-order valence-corrected chi connectivity index (χ0v) is 9.66. The summed E-state index contributed by atoms with van der Waals surface area (Å²) in [6.45, 7) is 2.22. The van der Waals surface area contributed by atoms with Crippen LogP contribution in [-0.2, 0) is 11.3 Å². The highest BCUT2D eigenvalue weighted by atomic mass is 19.1. The molecule has 5 heteroatoms. The van der Waals surface area contributed by atoms with E-state index in [0.717, 1.165) is 6.42 Å². The van der Waals surface area contributed by atoms with Gasteiger partial charge in [0, 0.05) is 18.2 Å². The van der Waals surface area contributed by atoms with Gasteiger partial charge in [0.1, 0.15) is 11.9 Å². The summed E-state index contributed by atoms with van der Waals surface area (Å²) in [6.07, 6.45) is 0.739. The van der Waals surface area contributed by atoms with Gasteiger partial charge in [0.25, 0.3) is 0 Å². The second-order valence-electron chi connectivity index (χ2n) is 4.29. The molecular weight excluding hydrogens is 221 g/mol. The fraction of sp³-hybridized carbons (Fsp3) is 0.417. The smallest absolute Gasteiger partial charge is 0.238 e. The molecule has 0 saturated carbocycles. The van der Waals surface area contributed by atoms with E-state index in [-0.39, 0.29) is 30.4 Å². The van der Waals surface area contributed by atoms with Crippen molar-refractivity contribution in [3.8, 4) is 0 Å². The first-order chi connectivity index (χ1) is 8.16. The molecule has 1 aliphatic heterocycles. The molecule has 1 aromatic rings. The molecule has 1 fully saturated rings. The van der Waals surface area contributed by atoms with Crippen LogP contribution in [0, 0.1) is 5.82 Å². The first-order valence-corrected chi connectivity index (χ1v) is 5.69. The molecule has 0 radical (unpaired) electrons. The predicted octanol–water partition coefficient (Wildman–Crippen LogP) is 0.697. The van der Waals surface area contributed by atoms with Crippen LogP contribution in [0.15, 0.2) is 24.3 Å². The van der Waals surface area contributed by atoms with Crippen molar-refractivity contribution in [3.63, 3.8) is 0 Å². The van der Waals surface area contributed by atoms with Crippen LogP contribution >= 0.6 is 0 Å². The van der Waals surface area contributed by atoms with Crippen molar-refractivity contribution in [1.29, 1.82) is 0 Å². The van der Waals surface area contributed by atoms with Gasteiger partial charge in [0.05, 0.1) is 0 Å². The Morgan fingerprint density at radius 3 is 2.88 bits per heavy atom. The molecule has 17 heavy (non-hydrogen) atoms. The SMILES string of the molecule is CC1CC(C(=O)NCc2ccccc2F)NN1. The van der Waals surface area contributed by atoms with Crippen LogP contribution < -0.4 is 16.2 Å². The van der Waals surface area contributed by atoms with Crippen molar-refractivity contribution in [1.82, 2.24) is 16.2 Å². The average Bonchev–Trinajstić information content (AvgIpc) is 2.74. The first-order valence-electron chi connectivity index (χ1n) is 5.69. The summed E-state index contributed by atoms with van der Waals surface area (Å²) < 4.78 is 13.3. The van der Waals surface area contributed by atoms with E-state index in [2.05, 4.69) is 16.2 Å². The van der Waals surface area contributed by atoms with Gasteiger partial charge in [-0.1, -0.05) is 18.2 Å². The third kappa shape index (κ3) is 3.01. The van der Waals surface area contributed by atoms with Gasteiger partial charge in [-0.2, -0.15) is 0 Å². The van der Waals surface area contributed by atoms with Gasteiger partial charge in [-0.25, -0.2) is 9.82 Å². The number of halogens is 1. The van der Waals surface area contributed by atoms with Gasteiger partial charge in [-0.15, -0.1) is 0 Å². The largest absolute Gasteiger partial charge is 0.351 e. The van der Waals surface area contributed by atoms with E-state index in [4.69, 9.17) is 0 Å². The average molecular weight is 237 g/mol. The quantitative estimate of drug-likeness (QED) is 0.725. The Bertz CT molecular complexity index is 410. The van der Waals surface area contributed by atoms with Crippen molar-refractivity contribution in [2.45, 2.75) is 32.0 Å². The van der Waals surface area contributed by atoms with Gasteiger partial charge < -0.3 is 5.32 Å². The van der Waals surface area contributed by atoms with Gasteiger partial charge in [0.15, 0.2) is 0 Å². The Morgan fingerprint density at radius 1 is 1.47 bits per heavy atom. The number of nitrogens with one attached hydrogen (secondary N) is 3. The molecule has 2 atom stereocenters. The minimum absolute atomic E-state index is 0.106. The van der Waals surface area contributed by atoms with Gasteiger partial charge in [-0.3, -0.25) is 10.2 Å². The molecule has 0 aliphatic carbocycles. The van der Waals surface area contributed by atoms with Crippen molar-refractivity contribution in [3.05, 3.63) is 35.6 Å². The summed E-state index contributed by atoms with van der Waals surface area (Å²) in [7, 11) is 0. The minimum Gasteiger partial charge on any atom is -0.351 e. The number of hydrogen-bond donors (Lipinski definition) is 3. The maximum absolute atomic E-state index is 13.3. The summed E-state index contributed by atoms with van der Waals surface area (Å²) >= 11 is 0. The third-order valence-electron chi connectivity index (χ3n) is 2.82. The molecule has 1 aromatic carbocycles. The lowest BCUT2D eigenvalue weighted by molar-refractivity contribution is -0.123. The lowest BCUT2D eigenvalue weighted by Gasteiger charge is -2.10. The highest BCUT2D eigenvalue weighted by molar-refractivity contribution is 5.82. The van der Waals surface area contributed by atoms with E-state index >= 15 is 0 Å². The van der Waals surface area contributed by atoms with Gasteiger partial charge in [-0.05, 0) is 19.4 Å². The van der Waals surface area contributed by atoms with E-state index in [0.29, 0.717) is 5.56 Å². The van der Waals surface area contributed by atoms with Gasteiger partial charge in [0.2, 0.25) is 5.91 Å². The summed E-state index contributed by atoms with van der Waals surface area (Å²) in [4.78, 5) is 11.7. The monoisotopic (exact) mass is 237 g/mol. The van der Waals surface area contributed by atoms with Crippen molar-refractivity contribution in [2.24, 2.45) is 0 Å². The number of hydrogen-bond acceptors (Lipinski definition) is 3. The van der Waals surface area contributed by atoms with Crippen LogP contribution in [0.25, 0.3) is 0 Å². The number of carbonyl (C=O) groups excluding carboxylic acids is 1. The molecule has 0 aromatic heterocycles. The number of benzene rings is 1. The summed E-state index contributed by atoms with van der Waals surface area (Å²) in [5.74, 6) is -0.399. The number of hydrazine groups is 1.